The smallest absolute Gasteiger partial charge is 0.141 e. The van der Waals surface area contributed by atoms with Gasteiger partial charge in [-0.25, -0.2) is 4.39 Å². The molecule has 112 valence electrons. The fourth-order valence-corrected chi connectivity index (χ4v) is 2.99. The van der Waals surface area contributed by atoms with E-state index < -0.39 is 0 Å². The van der Waals surface area contributed by atoms with Crippen LogP contribution in [0.1, 0.15) is 45.3 Å². The molecule has 0 radical (unpaired) electrons. The lowest BCUT2D eigenvalue weighted by Crippen LogP contribution is -2.44. The first-order valence-corrected chi connectivity index (χ1v) is 7.58. The summed E-state index contributed by atoms with van der Waals surface area (Å²) < 4.78 is 12.9. The van der Waals surface area contributed by atoms with Crippen molar-refractivity contribution in [2.45, 2.75) is 45.7 Å². The van der Waals surface area contributed by atoms with Crippen LogP contribution >= 0.6 is 0 Å². The lowest BCUT2D eigenvalue weighted by molar-refractivity contribution is 0.102. The lowest BCUT2D eigenvalue weighted by atomic mass is 9.92. The van der Waals surface area contributed by atoms with Gasteiger partial charge in [0.25, 0.3) is 0 Å². The van der Waals surface area contributed by atoms with Crippen molar-refractivity contribution in [1.82, 2.24) is 9.88 Å². The van der Waals surface area contributed by atoms with Crippen molar-refractivity contribution >= 4 is 0 Å². The molecule has 3 nitrogen and oxygen atoms in total. The summed E-state index contributed by atoms with van der Waals surface area (Å²) >= 11 is 0. The summed E-state index contributed by atoms with van der Waals surface area (Å²) in [6.45, 7) is 8.88. The monoisotopic (exact) mass is 279 g/mol. The minimum atomic E-state index is -0.313. The van der Waals surface area contributed by atoms with Crippen molar-refractivity contribution < 1.29 is 4.39 Å². The second-order valence-corrected chi connectivity index (χ2v) is 6.39. The molecule has 0 spiro atoms. The van der Waals surface area contributed by atoms with Gasteiger partial charge in [0.05, 0.1) is 17.9 Å². The minimum absolute atomic E-state index is 0.139. The van der Waals surface area contributed by atoms with E-state index in [1.165, 1.54) is 25.1 Å². The molecule has 0 bridgehead atoms. The Balaban J connectivity index is 1.96. The molecule has 4 unspecified atom stereocenters. The maximum absolute atomic E-state index is 12.9. The van der Waals surface area contributed by atoms with Gasteiger partial charge in [-0.1, -0.05) is 13.8 Å². The maximum Gasteiger partial charge on any atom is 0.141 e. The van der Waals surface area contributed by atoms with Crippen LogP contribution in [-0.2, 0) is 0 Å². The largest absolute Gasteiger partial charge is 0.322 e. The summed E-state index contributed by atoms with van der Waals surface area (Å²) in [7, 11) is 0. The molecule has 1 aromatic rings. The van der Waals surface area contributed by atoms with Crippen molar-refractivity contribution in [3.8, 4) is 0 Å². The molecule has 2 N–H and O–H groups in total. The Kier molecular flexibility index (Phi) is 5.11. The Morgan fingerprint density at radius 1 is 1.40 bits per heavy atom. The average Bonchev–Trinajstić information content (AvgIpc) is 2.43. The van der Waals surface area contributed by atoms with E-state index >= 15 is 0 Å². The predicted octanol–water partition coefficient (Wildman–Crippen LogP) is 2.98. The number of likely N-dealkylation sites (tertiary alicyclic amines) is 1. The summed E-state index contributed by atoms with van der Waals surface area (Å²) in [6.07, 6.45) is 3.82. The molecule has 1 aliphatic rings. The zero-order chi connectivity index (χ0) is 14.7. The topological polar surface area (TPSA) is 42.1 Å². The summed E-state index contributed by atoms with van der Waals surface area (Å²) in [5.41, 5.74) is 7.05. The third kappa shape index (κ3) is 3.76. The molecule has 0 saturated carbocycles. The van der Waals surface area contributed by atoms with Crippen LogP contribution in [0, 0.1) is 17.7 Å². The molecule has 1 aliphatic heterocycles. The van der Waals surface area contributed by atoms with Crippen LogP contribution in [-0.4, -0.2) is 29.0 Å². The van der Waals surface area contributed by atoms with Crippen molar-refractivity contribution in [2.24, 2.45) is 17.6 Å². The second kappa shape index (κ2) is 6.64. The zero-order valence-corrected chi connectivity index (χ0v) is 12.7. The molecule has 0 amide bonds. The summed E-state index contributed by atoms with van der Waals surface area (Å²) in [6, 6.07) is 3.61. The molecule has 20 heavy (non-hydrogen) atoms. The van der Waals surface area contributed by atoms with Crippen LogP contribution in [0.5, 0.6) is 0 Å². The molecule has 1 fully saturated rings. The van der Waals surface area contributed by atoms with Gasteiger partial charge in [0.1, 0.15) is 5.82 Å². The van der Waals surface area contributed by atoms with Crippen LogP contribution in [0.4, 0.5) is 4.39 Å². The van der Waals surface area contributed by atoms with E-state index in [1.807, 2.05) is 0 Å². The normalized spacial score (nSPS) is 27.2. The highest BCUT2D eigenvalue weighted by Crippen LogP contribution is 2.25. The van der Waals surface area contributed by atoms with Crippen molar-refractivity contribution in [1.29, 1.82) is 0 Å². The molecule has 2 rings (SSSR count). The number of halogens is 1. The SMILES string of the molecule is CC1CCC(C)N(CC(C)C(N)c2ccc(F)cn2)C1. The first kappa shape index (κ1) is 15.4. The molecular weight excluding hydrogens is 253 g/mol. The minimum Gasteiger partial charge on any atom is -0.322 e. The number of nitrogens with two attached hydrogens (primary N) is 1. The average molecular weight is 279 g/mol. The highest BCUT2D eigenvalue weighted by atomic mass is 19.1. The molecule has 1 aromatic heterocycles. The molecule has 4 atom stereocenters. The number of piperidine rings is 1. The van der Waals surface area contributed by atoms with E-state index in [4.69, 9.17) is 5.73 Å². The van der Waals surface area contributed by atoms with Gasteiger partial charge in [0, 0.05) is 19.1 Å². The van der Waals surface area contributed by atoms with Gasteiger partial charge < -0.3 is 10.6 Å². The number of hydrogen-bond acceptors (Lipinski definition) is 3. The van der Waals surface area contributed by atoms with Gasteiger partial charge >= 0.3 is 0 Å². The number of aromatic nitrogens is 1. The molecule has 4 heteroatoms. The molecule has 1 saturated heterocycles. The second-order valence-electron chi connectivity index (χ2n) is 6.39. The van der Waals surface area contributed by atoms with E-state index in [2.05, 4.69) is 30.7 Å². The summed E-state index contributed by atoms with van der Waals surface area (Å²) in [5.74, 6) is 0.756. The lowest BCUT2D eigenvalue weighted by Gasteiger charge is -2.39. The molecule has 0 aromatic carbocycles. The summed E-state index contributed by atoms with van der Waals surface area (Å²) in [5, 5.41) is 0. The molecule has 2 heterocycles. The van der Waals surface area contributed by atoms with Gasteiger partial charge in [-0.3, -0.25) is 4.98 Å². The Labute approximate surface area is 121 Å². The third-order valence-electron chi connectivity index (χ3n) is 4.47. The zero-order valence-electron chi connectivity index (χ0n) is 12.7. The number of pyridine rings is 1. The van der Waals surface area contributed by atoms with E-state index in [0.717, 1.165) is 24.7 Å². The van der Waals surface area contributed by atoms with Gasteiger partial charge in [-0.2, -0.15) is 0 Å². The fraction of sp³-hybridized carbons (Fsp3) is 0.688. The molecule has 0 aliphatic carbocycles. The highest BCUT2D eigenvalue weighted by Gasteiger charge is 2.26. The van der Waals surface area contributed by atoms with Crippen LogP contribution in [0.3, 0.4) is 0 Å². The predicted molar refractivity (Wildman–Crippen MR) is 79.7 cm³/mol. The van der Waals surface area contributed by atoms with Gasteiger partial charge in [0.2, 0.25) is 0 Å². The fourth-order valence-electron chi connectivity index (χ4n) is 2.99. The van der Waals surface area contributed by atoms with Crippen molar-refractivity contribution in [3.63, 3.8) is 0 Å². The molecular formula is C16H26FN3. The first-order chi connectivity index (χ1) is 9.47. The van der Waals surface area contributed by atoms with Crippen LogP contribution < -0.4 is 5.73 Å². The Morgan fingerprint density at radius 2 is 2.15 bits per heavy atom. The van der Waals surface area contributed by atoms with Gasteiger partial charge in [-0.05, 0) is 43.7 Å². The summed E-state index contributed by atoms with van der Waals surface area (Å²) in [4.78, 5) is 6.64. The number of rotatable bonds is 4. The number of nitrogens with zero attached hydrogens (tertiary/aromatic N) is 2. The van der Waals surface area contributed by atoms with Gasteiger partial charge in [0.15, 0.2) is 0 Å². The first-order valence-electron chi connectivity index (χ1n) is 7.58. The highest BCUT2D eigenvalue weighted by molar-refractivity contribution is 5.10. The van der Waals surface area contributed by atoms with E-state index in [-0.39, 0.29) is 11.9 Å². The van der Waals surface area contributed by atoms with E-state index in [1.54, 1.807) is 6.07 Å². The Bertz CT molecular complexity index is 420. The van der Waals surface area contributed by atoms with Crippen LogP contribution in [0.25, 0.3) is 0 Å². The van der Waals surface area contributed by atoms with E-state index in [0.29, 0.717) is 12.0 Å². The quantitative estimate of drug-likeness (QED) is 0.921. The van der Waals surface area contributed by atoms with Crippen molar-refractivity contribution in [2.75, 3.05) is 13.1 Å². The number of hydrogen-bond donors (Lipinski definition) is 1. The van der Waals surface area contributed by atoms with Crippen molar-refractivity contribution in [3.05, 3.63) is 29.8 Å². The van der Waals surface area contributed by atoms with Gasteiger partial charge in [-0.15, -0.1) is 0 Å². The Hall–Kier alpha value is -1.00. The maximum atomic E-state index is 12.9. The third-order valence-corrected chi connectivity index (χ3v) is 4.47. The van der Waals surface area contributed by atoms with E-state index in [9.17, 15) is 4.39 Å². The van der Waals surface area contributed by atoms with Crippen LogP contribution in [0.2, 0.25) is 0 Å². The Morgan fingerprint density at radius 3 is 2.80 bits per heavy atom. The standard InChI is InChI=1S/C16H26FN3/c1-11-4-5-13(3)20(9-11)10-12(2)16(18)15-7-6-14(17)8-19-15/h6-8,11-13,16H,4-5,9-10,18H2,1-3H3. The van der Waals surface area contributed by atoms with Crippen LogP contribution in [0.15, 0.2) is 18.3 Å².